The quantitative estimate of drug-likeness (QED) is 0.681. The van der Waals surface area contributed by atoms with E-state index in [0.717, 1.165) is 25.8 Å². The molecule has 1 fully saturated rings. The van der Waals surface area contributed by atoms with Gasteiger partial charge in [0.05, 0.1) is 12.5 Å². The Kier molecular flexibility index (Phi) is 6.62. The van der Waals surface area contributed by atoms with Crippen LogP contribution in [0.3, 0.4) is 0 Å². The molecule has 0 radical (unpaired) electrons. The van der Waals surface area contributed by atoms with E-state index in [9.17, 15) is 9.59 Å². The van der Waals surface area contributed by atoms with E-state index in [2.05, 4.69) is 17.1 Å². The van der Waals surface area contributed by atoms with Gasteiger partial charge in [0.2, 0.25) is 11.8 Å². The fraction of sp³-hybridized carbons (Fsp3) is 0.867. The monoisotopic (exact) mass is 283 g/mol. The minimum absolute atomic E-state index is 0.0268. The van der Waals surface area contributed by atoms with Crippen LogP contribution >= 0.6 is 0 Å². The number of carbonyl (C=O) groups excluding carboxylic acids is 2. The zero-order valence-corrected chi connectivity index (χ0v) is 13.5. The summed E-state index contributed by atoms with van der Waals surface area (Å²) >= 11 is 0. The number of hydrogen-bond donors (Lipinski definition) is 1. The standard InChI is InChI=1S/C15H29N3O2/c1-6-12(7-2)18-14(19)10-13(15(18)20)16-11(3)8-9-17(4)5/h11-13,16H,6-10H2,1-5H3. The van der Waals surface area contributed by atoms with Gasteiger partial charge < -0.3 is 10.2 Å². The SMILES string of the molecule is CCC(CC)N1C(=O)CC(NC(C)CCN(C)C)C1=O. The van der Waals surface area contributed by atoms with Gasteiger partial charge in [0.25, 0.3) is 0 Å². The molecule has 2 atom stereocenters. The maximum Gasteiger partial charge on any atom is 0.247 e. The van der Waals surface area contributed by atoms with Crippen LogP contribution in [0.4, 0.5) is 0 Å². The first-order chi connectivity index (χ1) is 9.40. The fourth-order valence-electron chi connectivity index (χ4n) is 2.70. The van der Waals surface area contributed by atoms with E-state index in [0.29, 0.717) is 6.42 Å². The minimum Gasteiger partial charge on any atom is -0.309 e. The Bertz CT molecular complexity index is 340. The molecule has 0 spiro atoms. The van der Waals surface area contributed by atoms with Crippen molar-refractivity contribution in [1.29, 1.82) is 0 Å². The van der Waals surface area contributed by atoms with Crippen molar-refractivity contribution in [3.05, 3.63) is 0 Å². The molecule has 5 heteroatoms. The minimum atomic E-state index is -0.333. The van der Waals surface area contributed by atoms with Crippen LogP contribution in [0.5, 0.6) is 0 Å². The summed E-state index contributed by atoms with van der Waals surface area (Å²) in [4.78, 5) is 28.0. The summed E-state index contributed by atoms with van der Waals surface area (Å²) in [6.07, 6.45) is 2.94. The number of amides is 2. The zero-order chi connectivity index (χ0) is 15.3. The number of likely N-dealkylation sites (tertiary alicyclic amines) is 1. The third kappa shape index (κ3) is 4.28. The van der Waals surface area contributed by atoms with Crippen molar-refractivity contribution in [2.24, 2.45) is 0 Å². The summed E-state index contributed by atoms with van der Waals surface area (Å²) in [5.74, 6) is -0.0681. The van der Waals surface area contributed by atoms with E-state index in [1.807, 2.05) is 27.9 Å². The molecule has 1 aliphatic heterocycles. The molecule has 1 heterocycles. The van der Waals surface area contributed by atoms with Crippen LogP contribution in [0.1, 0.15) is 46.5 Å². The molecule has 1 aliphatic rings. The fourth-order valence-corrected chi connectivity index (χ4v) is 2.70. The van der Waals surface area contributed by atoms with Gasteiger partial charge in [0.15, 0.2) is 0 Å². The molecule has 20 heavy (non-hydrogen) atoms. The summed E-state index contributed by atoms with van der Waals surface area (Å²) in [5.41, 5.74) is 0. The average molecular weight is 283 g/mol. The molecule has 0 aliphatic carbocycles. The van der Waals surface area contributed by atoms with Gasteiger partial charge >= 0.3 is 0 Å². The van der Waals surface area contributed by atoms with Crippen LogP contribution in [0.15, 0.2) is 0 Å². The van der Waals surface area contributed by atoms with E-state index in [1.54, 1.807) is 0 Å². The smallest absolute Gasteiger partial charge is 0.247 e. The summed E-state index contributed by atoms with van der Waals surface area (Å²) < 4.78 is 0. The molecule has 2 amide bonds. The van der Waals surface area contributed by atoms with Crippen LogP contribution in [0.2, 0.25) is 0 Å². The Balaban J connectivity index is 2.57. The number of carbonyl (C=O) groups is 2. The molecular weight excluding hydrogens is 254 g/mol. The first-order valence-electron chi connectivity index (χ1n) is 7.67. The lowest BCUT2D eigenvalue weighted by molar-refractivity contribution is -0.141. The van der Waals surface area contributed by atoms with Crippen LogP contribution in [-0.2, 0) is 9.59 Å². The Labute approximate surface area is 122 Å². The second-order valence-corrected chi connectivity index (χ2v) is 5.99. The highest BCUT2D eigenvalue weighted by Crippen LogP contribution is 2.20. The molecule has 0 aromatic heterocycles. The van der Waals surface area contributed by atoms with Crippen molar-refractivity contribution in [3.63, 3.8) is 0 Å². The van der Waals surface area contributed by atoms with Gasteiger partial charge in [-0.25, -0.2) is 0 Å². The first kappa shape index (κ1) is 17.1. The van der Waals surface area contributed by atoms with E-state index in [1.165, 1.54) is 4.90 Å². The topological polar surface area (TPSA) is 52.7 Å². The van der Waals surface area contributed by atoms with Crippen LogP contribution in [0.25, 0.3) is 0 Å². The maximum atomic E-state index is 12.4. The molecule has 2 unspecified atom stereocenters. The number of imide groups is 1. The normalized spacial score (nSPS) is 21.4. The average Bonchev–Trinajstić information content (AvgIpc) is 2.65. The molecular formula is C15H29N3O2. The highest BCUT2D eigenvalue weighted by atomic mass is 16.2. The highest BCUT2D eigenvalue weighted by Gasteiger charge is 2.41. The van der Waals surface area contributed by atoms with Crippen molar-refractivity contribution in [3.8, 4) is 0 Å². The molecule has 1 rings (SSSR count). The van der Waals surface area contributed by atoms with Crippen LogP contribution < -0.4 is 5.32 Å². The predicted octanol–water partition coefficient (Wildman–Crippen LogP) is 1.23. The summed E-state index contributed by atoms with van der Waals surface area (Å²) in [6, 6.07) is -0.0417. The Hall–Kier alpha value is -0.940. The lowest BCUT2D eigenvalue weighted by Gasteiger charge is -2.25. The Morgan fingerprint density at radius 2 is 1.90 bits per heavy atom. The highest BCUT2D eigenvalue weighted by molar-refractivity contribution is 6.05. The number of rotatable bonds is 8. The summed E-state index contributed by atoms with van der Waals surface area (Å²) in [7, 11) is 4.07. The van der Waals surface area contributed by atoms with Crippen molar-refractivity contribution >= 4 is 11.8 Å². The molecule has 1 saturated heterocycles. The van der Waals surface area contributed by atoms with Gasteiger partial charge in [0.1, 0.15) is 0 Å². The van der Waals surface area contributed by atoms with Crippen molar-refractivity contribution in [2.45, 2.75) is 64.6 Å². The molecule has 116 valence electrons. The summed E-state index contributed by atoms with van der Waals surface area (Å²) in [5, 5.41) is 3.31. The third-order valence-corrected chi connectivity index (χ3v) is 3.99. The first-order valence-corrected chi connectivity index (χ1v) is 7.67. The van der Waals surface area contributed by atoms with Crippen LogP contribution in [0, 0.1) is 0 Å². The van der Waals surface area contributed by atoms with Gasteiger partial charge in [0, 0.05) is 12.1 Å². The van der Waals surface area contributed by atoms with E-state index in [-0.39, 0.29) is 29.9 Å². The molecule has 0 bridgehead atoms. The molecule has 5 nitrogen and oxygen atoms in total. The number of hydrogen-bond acceptors (Lipinski definition) is 4. The summed E-state index contributed by atoms with van der Waals surface area (Å²) in [6.45, 7) is 7.09. The van der Waals surface area contributed by atoms with Gasteiger partial charge in [-0.05, 0) is 46.8 Å². The van der Waals surface area contributed by atoms with Crippen molar-refractivity contribution in [2.75, 3.05) is 20.6 Å². The zero-order valence-electron chi connectivity index (χ0n) is 13.5. The van der Waals surface area contributed by atoms with E-state index < -0.39 is 0 Å². The maximum absolute atomic E-state index is 12.4. The lowest BCUT2D eigenvalue weighted by atomic mass is 10.1. The third-order valence-electron chi connectivity index (χ3n) is 3.99. The van der Waals surface area contributed by atoms with Crippen molar-refractivity contribution in [1.82, 2.24) is 15.1 Å². The van der Waals surface area contributed by atoms with Crippen LogP contribution in [-0.4, -0.2) is 60.4 Å². The van der Waals surface area contributed by atoms with Crippen molar-refractivity contribution < 1.29 is 9.59 Å². The van der Waals surface area contributed by atoms with Gasteiger partial charge in [-0.15, -0.1) is 0 Å². The van der Waals surface area contributed by atoms with E-state index in [4.69, 9.17) is 0 Å². The second-order valence-electron chi connectivity index (χ2n) is 5.99. The molecule has 1 N–H and O–H groups in total. The Morgan fingerprint density at radius 3 is 2.40 bits per heavy atom. The van der Waals surface area contributed by atoms with Gasteiger partial charge in [-0.3, -0.25) is 14.5 Å². The second kappa shape index (κ2) is 7.74. The van der Waals surface area contributed by atoms with E-state index >= 15 is 0 Å². The van der Waals surface area contributed by atoms with Gasteiger partial charge in [-0.2, -0.15) is 0 Å². The largest absolute Gasteiger partial charge is 0.309 e. The molecule has 0 saturated carbocycles. The van der Waals surface area contributed by atoms with Gasteiger partial charge in [-0.1, -0.05) is 13.8 Å². The number of nitrogens with zero attached hydrogens (tertiary/aromatic N) is 2. The Morgan fingerprint density at radius 1 is 1.30 bits per heavy atom. The molecule has 0 aromatic rings. The number of nitrogens with one attached hydrogen (secondary N) is 1. The lowest BCUT2D eigenvalue weighted by Crippen LogP contribution is -2.46. The predicted molar refractivity (Wildman–Crippen MR) is 80.4 cm³/mol. The molecule has 0 aromatic carbocycles.